The van der Waals surface area contributed by atoms with E-state index in [2.05, 4.69) is 39.2 Å². The normalized spacial score (nSPS) is 10.1. The first kappa shape index (κ1) is 11.1. The van der Waals surface area contributed by atoms with Gasteiger partial charge in [0.25, 0.3) is 0 Å². The van der Waals surface area contributed by atoms with E-state index < -0.39 is 0 Å². The van der Waals surface area contributed by atoms with Crippen molar-refractivity contribution in [2.45, 2.75) is 13.5 Å². The zero-order valence-corrected chi connectivity index (χ0v) is 10.7. The average molecular weight is 277 g/mol. The van der Waals surface area contributed by atoms with Gasteiger partial charge < -0.3 is 5.32 Å². The van der Waals surface area contributed by atoms with E-state index >= 15 is 0 Å². The molecule has 1 N–H and O–H groups in total. The summed E-state index contributed by atoms with van der Waals surface area (Å²) in [7, 11) is 0. The minimum atomic E-state index is 0.800. The molecule has 0 radical (unpaired) electrons. The van der Waals surface area contributed by atoms with Gasteiger partial charge in [0, 0.05) is 17.2 Å². The molecule has 0 saturated carbocycles. The first-order valence-corrected chi connectivity index (χ1v) is 5.94. The maximum atomic E-state index is 4.11. The molecule has 0 bridgehead atoms. The second kappa shape index (κ2) is 5.12. The number of aryl methyl sites for hydroxylation is 1. The molecular weight excluding hydrogens is 264 g/mol. The van der Waals surface area contributed by atoms with Crippen molar-refractivity contribution in [1.82, 2.24) is 4.98 Å². The molecule has 0 spiro atoms. The van der Waals surface area contributed by atoms with Crippen molar-refractivity contribution in [2.24, 2.45) is 0 Å². The summed E-state index contributed by atoms with van der Waals surface area (Å²) in [6, 6.07) is 10.2. The fourth-order valence-electron chi connectivity index (χ4n) is 1.48. The highest BCUT2D eigenvalue weighted by molar-refractivity contribution is 9.10. The Hall–Kier alpha value is -1.35. The maximum Gasteiger partial charge on any atom is 0.0559 e. The summed E-state index contributed by atoms with van der Waals surface area (Å²) in [4.78, 5) is 4.11. The van der Waals surface area contributed by atoms with Gasteiger partial charge in [0.15, 0.2) is 0 Å². The van der Waals surface area contributed by atoms with E-state index in [9.17, 15) is 0 Å². The SMILES string of the molecule is Cc1ccncc1NCc1ccccc1Br. The van der Waals surface area contributed by atoms with E-state index in [0.29, 0.717) is 0 Å². The molecule has 16 heavy (non-hydrogen) atoms. The highest BCUT2D eigenvalue weighted by Gasteiger charge is 2.00. The molecule has 2 aromatic rings. The van der Waals surface area contributed by atoms with Crippen LogP contribution in [0.3, 0.4) is 0 Å². The van der Waals surface area contributed by atoms with Gasteiger partial charge in [0.1, 0.15) is 0 Å². The lowest BCUT2D eigenvalue weighted by Gasteiger charge is -2.09. The van der Waals surface area contributed by atoms with Crippen LogP contribution < -0.4 is 5.32 Å². The van der Waals surface area contributed by atoms with Crippen molar-refractivity contribution in [3.63, 3.8) is 0 Å². The summed E-state index contributed by atoms with van der Waals surface area (Å²) in [6.07, 6.45) is 3.66. The number of hydrogen-bond acceptors (Lipinski definition) is 2. The molecule has 0 amide bonds. The van der Waals surface area contributed by atoms with Gasteiger partial charge >= 0.3 is 0 Å². The molecule has 0 aliphatic rings. The molecule has 0 atom stereocenters. The van der Waals surface area contributed by atoms with Crippen LogP contribution >= 0.6 is 15.9 Å². The third-order valence-electron chi connectivity index (χ3n) is 2.47. The van der Waals surface area contributed by atoms with Crippen LogP contribution in [0, 0.1) is 6.92 Å². The number of nitrogens with one attached hydrogen (secondary N) is 1. The summed E-state index contributed by atoms with van der Waals surface area (Å²) in [6.45, 7) is 2.87. The smallest absolute Gasteiger partial charge is 0.0559 e. The van der Waals surface area contributed by atoms with Crippen molar-refractivity contribution in [3.05, 3.63) is 58.3 Å². The second-order valence-electron chi connectivity index (χ2n) is 3.64. The van der Waals surface area contributed by atoms with Gasteiger partial charge in [-0.3, -0.25) is 4.98 Å². The predicted octanol–water partition coefficient (Wildman–Crippen LogP) is 3.76. The van der Waals surface area contributed by atoms with E-state index in [1.807, 2.05) is 30.5 Å². The van der Waals surface area contributed by atoms with Crippen LogP contribution in [-0.4, -0.2) is 4.98 Å². The Labute approximate surface area is 104 Å². The average Bonchev–Trinajstić information content (AvgIpc) is 2.30. The lowest BCUT2D eigenvalue weighted by molar-refractivity contribution is 1.11. The Morgan fingerprint density at radius 1 is 1.25 bits per heavy atom. The van der Waals surface area contributed by atoms with Gasteiger partial charge in [-0.15, -0.1) is 0 Å². The quantitative estimate of drug-likeness (QED) is 0.923. The van der Waals surface area contributed by atoms with Gasteiger partial charge in [-0.25, -0.2) is 0 Å². The summed E-state index contributed by atoms with van der Waals surface area (Å²) < 4.78 is 1.13. The third kappa shape index (κ3) is 2.61. The Kier molecular flexibility index (Phi) is 3.57. The predicted molar refractivity (Wildman–Crippen MR) is 70.4 cm³/mol. The number of pyridine rings is 1. The lowest BCUT2D eigenvalue weighted by Crippen LogP contribution is -2.01. The van der Waals surface area contributed by atoms with Crippen molar-refractivity contribution in [1.29, 1.82) is 0 Å². The summed E-state index contributed by atoms with van der Waals surface area (Å²) in [5.74, 6) is 0. The number of rotatable bonds is 3. The van der Waals surface area contributed by atoms with Crippen LogP contribution in [-0.2, 0) is 6.54 Å². The molecule has 0 unspecified atom stereocenters. The van der Waals surface area contributed by atoms with E-state index in [4.69, 9.17) is 0 Å². The molecule has 0 saturated heterocycles. The van der Waals surface area contributed by atoms with Crippen LogP contribution in [0.4, 0.5) is 5.69 Å². The molecule has 1 heterocycles. The van der Waals surface area contributed by atoms with Gasteiger partial charge in [-0.1, -0.05) is 34.1 Å². The van der Waals surface area contributed by atoms with E-state index in [-0.39, 0.29) is 0 Å². The van der Waals surface area contributed by atoms with Gasteiger partial charge in [0.2, 0.25) is 0 Å². The van der Waals surface area contributed by atoms with Gasteiger partial charge in [-0.2, -0.15) is 0 Å². The highest BCUT2D eigenvalue weighted by Crippen LogP contribution is 2.18. The maximum absolute atomic E-state index is 4.11. The first-order chi connectivity index (χ1) is 7.77. The zero-order valence-electron chi connectivity index (χ0n) is 9.07. The molecule has 2 nitrogen and oxygen atoms in total. The van der Waals surface area contributed by atoms with Crippen molar-refractivity contribution >= 4 is 21.6 Å². The number of hydrogen-bond donors (Lipinski definition) is 1. The topological polar surface area (TPSA) is 24.9 Å². The molecule has 0 aliphatic heterocycles. The van der Waals surface area contributed by atoms with E-state index in [0.717, 1.165) is 16.7 Å². The largest absolute Gasteiger partial charge is 0.379 e. The van der Waals surface area contributed by atoms with Crippen LogP contribution in [0.5, 0.6) is 0 Å². The minimum absolute atomic E-state index is 0.800. The summed E-state index contributed by atoms with van der Waals surface area (Å²) in [5.41, 5.74) is 3.53. The first-order valence-electron chi connectivity index (χ1n) is 5.15. The monoisotopic (exact) mass is 276 g/mol. The second-order valence-corrected chi connectivity index (χ2v) is 4.49. The van der Waals surface area contributed by atoms with Crippen LogP contribution in [0.1, 0.15) is 11.1 Å². The van der Waals surface area contributed by atoms with Crippen LogP contribution in [0.15, 0.2) is 47.2 Å². The number of anilines is 1. The number of nitrogens with zero attached hydrogens (tertiary/aromatic N) is 1. The van der Waals surface area contributed by atoms with E-state index in [1.165, 1.54) is 11.1 Å². The van der Waals surface area contributed by atoms with Crippen molar-refractivity contribution in [2.75, 3.05) is 5.32 Å². The Morgan fingerprint density at radius 3 is 2.81 bits per heavy atom. The lowest BCUT2D eigenvalue weighted by atomic mass is 10.2. The molecule has 0 fully saturated rings. The third-order valence-corrected chi connectivity index (χ3v) is 3.24. The zero-order chi connectivity index (χ0) is 11.4. The molecule has 3 heteroatoms. The molecule has 82 valence electrons. The van der Waals surface area contributed by atoms with Gasteiger partial charge in [0.05, 0.1) is 11.9 Å². The Balaban J connectivity index is 2.09. The molecule has 1 aromatic heterocycles. The Morgan fingerprint density at radius 2 is 2.06 bits per heavy atom. The minimum Gasteiger partial charge on any atom is -0.379 e. The molecular formula is C13H13BrN2. The number of benzene rings is 1. The Bertz CT molecular complexity index is 437. The molecule has 0 aliphatic carbocycles. The number of halogens is 1. The van der Waals surface area contributed by atoms with Crippen molar-refractivity contribution < 1.29 is 0 Å². The van der Waals surface area contributed by atoms with Gasteiger partial charge in [-0.05, 0) is 30.2 Å². The van der Waals surface area contributed by atoms with Crippen LogP contribution in [0.25, 0.3) is 0 Å². The molecule has 2 rings (SSSR count). The fraction of sp³-hybridized carbons (Fsp3) is 0.154. The summed E-state index contributed by atoms with van der Waals surface area (Å²) >= 11 is 3.53. The van der Waals surface area contributed by atoms with E-state index in [1.54, 1.807) is 6.20 Å². The fourth-order valence-corrected chi connectivity index (χ4v) is 1.91. The van der Waals surface area contributed by atoms with Crippen molar-refractivity contribution in [3.8, 4) is 0 Å². The molecule has 1 aromatic carbocycles. The number of aromatic nitrogens is 1. The van der Waals surface area contributed by atoms with Crippen LogP contribution in [0.2, 0.25) is 0 Å². The summed E-state index contributed by atoms with van der Waals surface area (Å²) in [5, 5.41) is 3.38. The standard InChI is InChI=1S/C13H13BrN2/c1-10-6-7-15-9-13(10)16-8-11-4-2-3-5-12(11)14/h2-7,9,16H,8H2,1H3. The highest BCUT2D eigenvalue weighted by atomic mass is 79.9.